The fourth-order valence-corrected chi connectivity index (χ4v) is 2.12. The fraction of sp³-hybridized carbons (Fsp3) is 0.471. The molecule has 0 aliphatic heterocycles. The molecule has 1 aromatic rings. The Morgan fingerprint density at radius 2 is 1.71 bits per heavy atom. The number of hydrogen-bond donors (Lipinski definition) is 3. The van der Waals surface area contributed by atoms with Gasteiger partial charge in [0.25, 0.3) is 5.91 Å². The highest BCUT2D eigenvalue weighted by atomic mass is 19.1. The standard InChI is InChI=1S/C17H23FN2O4/c1-10(2)15(17(24)19-9-11(3)8-14(21)22)20-16(23)12-4-6-13(18)7-5-12/h4-7,10-11,15H,8-9H2,1-3H3,(H,19,24)(H,20,23)(H,21,22). The number of benzene rings is 1. The lowest BCUT2D eigenvalue weighted by Crippen LogP contribution is -2.50. The Hall–Kier alpha value is -2.44. The summed E-state index contributed by atoms with van der Waals surface area (Å²) in [4.78, 5) is 35.1. The number of carboxylic acids is 1. The van der Waals surface area contributed by atoms with Crippen molar-refractivity contribution in [3.8, 4) is 0 Å². The molecule has 0 bridgehead atoms. The van der Waals surface area contributed by atoms with Crippen molar-refractivity contribution < 1.29 is 23.9 Å². The molecule has 7 heteroatoms. The van der Waals surface area contributed by atoms with Crippen molar-refractivity contribution in [3.05, 3.63) is 35.6 Å². The largest absolute Gasteiger partial charge is 0.481 e. The third-order valence-electron chi connectivity index (χ3n) is 3.49. The van der Waals surface area contributed by atoms with Crippen LogP contribution in [0.3, 0.4) is 0 Å². The predicted octanol–water partition coefficient (Wildman–Crippen LogP) is 1.81. The van der Waals surface area contributed by atoms with Crippen LogP contribution in [0.2, 0.25) is 0 Å². The lowest BCUT2D eigenvalue weighted by molar-refractivity contribution is -0.138. The average molecular weight is 338 g/mol. The third kappa shape index (κ3) is 6.36. The molecule has 0 saturated carbocycles. The summed E-state index contributed by atoms with van der Waals surface area (Å²) in [5.74, 6) is -2.60. The van der Waals surface area contributed by atoms with E-state index in [9.17, 15) is 18.8 Å². The molecule has 0 aliphatic carbocycles. The van der Waals surface area contributed by atoms with E-state index in [0.29, 0.717) is 0 Å². The first-order chi connectivity index (χ1) is 11.2. The second kappa shape index (κ2) is 9.00. The van der Waals surface area contributed by atoms with Gasteiger partial charge in [-0.2, -0.15) is 0 Å². The van der Waals surface area contributed by atoms with E-state index in [2.05, 4.69) is 10.6 Å². The lowest BCUT2D eigenvalue weighted by atomic mass is 10.0. The first kappa shape index (κ1) is 19.6. The number of carboxylic acid groups (broad SMARTS) is 1. The van der Waals surface area contributed by atoms with E-state index in [1.54, 1.807) is 20.8 Å². The van der Waals surface area contributed by atoms with E-state index in [0.717, 1.165) is 0 Å². The Balaban J connectivity index is 2.65. The van der Waals surface area contributed by atoms with E-state index in [1.165, 1.54) is 24.3 Å². The van der Waals surface area contributed by atoms with Crippen molar-refractivity contribution in [2.75, 3.05) is 6.54 Å². The topological polar surface area (TPSA) is 95.5 Å². The van der Waals surface area contributed by atoms with Crippen molar-refractivity contribution in [1.29, 1.82) is 0 Å². The van der Waals surface area contributed by atoms with Crippen LogP contribution in [0.25, 0.3) is 0 Å². The average Bonchev–Trinajstić information content (AvgIpc) is 2.49. The summed E-state index contributed by atoms with van der Waals surface area (Å²) in [6.07, 6.45) is -0.0471. The smallest absolute Gasteiger partial charge is 0.303 e. The van der Waals surface area contributed by atoms with Gasteiger partial charge in [0.05, 0.1) is 0 Å². The number of rotatable bonds is 8. The maximum absolute atomic E-state index is 12.9. The van der Waals surface area contributed by atoms with Crippen LogP contribution >= 0.6 is 0 Å². The number of nitrogens with one attached hydrogen (secondary N) is 2. The maximum atomic E-state index is 12.9. The predicted molar refractivity (Wildman–Crippen MR) is 86.9 cm³/mol. The molecule has 0 aromatic heterocycles. The van der Waals surface area contributed by atoms with E-state index in [4.69, 9.17) is 5.11 Å². The van der Waals surface area contributed by atoms with Gasteiger partial charge in [0, 0.05) is 18.5 Å². The van der Waals surface area contributed by atoms with E-state index in [1.807, 2.05) is 0 Å². The van der Waals surface area contributed by atoms with Gasteiger partial charge in [0.2, 0.25) is 5.91 Å². The van der Waals surface area contributed by atoms with Crippen molar-refractivity contribution in [3.63, 3.8) is 0 Å². The molecule has 24 heavy (non-hydrogen) atoms. The summed E-state index contributed by atoms with van der Waals surface area (Å²) in [5.41, 5.74) is 0.258. The summed E-state index contributed by atoms with van der Waals surface area (Å²) in [7, 11) is 0. The Labute approximate surface area is 140 Å². The highest BCUT2D eigenvalue weighted by molar-refractivity contribution is 5.97. The van der Waals surface area contributed by atoms with Gasteiger partial charge in [-0.3, -0.25) is 14.4 Å². The van der Waals surface area contributed by atoms with E-state index in [-0.39, 0.29) is 36.3 Å². The number of carbonyl (C=O) groups excluding carboxylic acids is 2. The summed E-state index contributed by atoms with van der Waals surface area (Å²) in [6, 6.07) is 4.27. The van der Waals surface area contributed by atoms with Gasteiger partial charge in [-0.1, -0.05) is 20.8 Å². The molecule has 0 fully saturated rings. The van der Waals surface area contributed by atoms with Gasteiger partial charge in [-0.25, -0.2) is 4.39 Å². The van der Waals surface area contributed by atoms with Gasteiger partial charge in [-0.05, 0) is 36.1 Å². The minimum atomic E-state index is -0.929. The number of hydrogen-bond acceptors (Lipinski definition) is 3. The van der Waals surface area contributed by atoms with Crippen LogP contribution in [0.1, 0.15) is 37.6 Å². The summed E-state index contributed by atoms with van der Waals surface area (Å²) in [5, 5.41) is 14.0. The number of aliphatic carboxylic acids is 1. The van der Waals surface area contributed by atoms with Crippen LogP contribution in [-0.2, 0) is 9.59 Å². The monoisotopic (exact) mass is 338 g/mol. The van der Waals surface area contributed by atoms with Crippen LogP contribution in [0.5, 0.6) is 0 Å². The fourth-order valence-electron chi connectivity index (χ4n) is 2.12. The highest BCUT2D eigenvalue weighted by Gasteiger charge is 2.25. The Bertz CT molecular complexity index is 587. The van der Waals surface area contributed by atoms with Crippen LogP contribution in [-0.4, -0.2) is 35.5 Å². The Kier molecular flexibility index (Phi) is 7.35. The van der Waals surface area contributed by atoms with Crippen molar-refractivity contribution in [2.24, 2.45) is 11.8 Å². The Morgan fingerprint density at radius 1 is 1.12 bits per heavy atom. The van der Waals surface area contributed by atoms with E-state index >= 15 is 0 Å². The van der Waals surface area contributed by atoms with Gasteiger partial charge in [0.1, 0.15) is 11.9 Å². The molecular formula is C17H23FN2O4. The minimum absolute atomic E-state index is 0.0471. The first-order valence-corrected chi connectivity index (χ1v) is 7.76. The molecule has 2 atom stereocenters. The molecule has 132 valence electrons. The quantitative estimate of drug-likeness (QED) is 0.673. The lowest BCUT2D eigenvalue weighted by Gasteiger charge is -2.22. The molecule has 2 unspecified atom stereocenters. The molecule has 0 heterocycles. The zero-order chi connectivity index (χ0) is 18.3. The molecule has 0 spiro atoms. The van der Waals surface area contributed by atoms with Gasteiger partial charge in [-0.15, -0.1) is 0 Å². The molecule has 0 radical (unpaired) electrons. The van der Waals surface area contributed by atoms with Crippen LogP contribution in [0, 0.1) is 17.7 Å². The van der Waals surface area contributed by atoms with E-state index < -0.39 is 23.7 Å². The molecule has 3 N–H and O–H groups in total. The normalized spacial score (nSPS) is 13.2. The first-order valence-electron chi connectivity index (χ1n) is 7.76. The summed E-state index contributed by atoms with van der Waals surface area (Å²) < 4.78 is 12.9. The zero-order valence-electron chi connectivity index (χ0n) is 14.0. The van der Waals surface area contributed by atoms with Crippen molar-refractivity contribution in [2.45, 2.75) is 33.2 Å². The van der Waals surface area contributed by atoms with Crippen LogP contribution in [0.15, 0.2) is 24.3 Å². The van der Waals surface area contributed by atoms with Crippen molar-refractivity contribution >= 4 is 17.8 Å². The van der Waals surface area contributed by atoms with Crippen LogP contribution in [0.4, 0.5) is 4.39 Å². The minimum Gasteiger partial charge on any atom is -0.481 e. The molecule has 0 saturated heterocycles. The summed E-state index contributed by atoms with van der Waals surface area (Å²) >= 11 is 0. The van der Waals surface area contributed by atoms with Gasteiger partial charge in [0.15, 0.2) is 0 Å². The van der Waals surface area contributed by atoms with Crippen molar-refractivity contribution in [1.82, 2.24) is 10.6 Å². The Morgan fingerprint density at radius 3 is 2.21 bits per heavy atom. The number of amides is 2. The molecule has 6 nitrogen and oxygen atoms in total. The molecule has 2 amide bonds. The molecule has 0 aliphatic rings. The molecule has 1 aromatic carbocycles. The van der Waals surface area contributed by atoms with Crippen LogP contribution < -0.4 is 10.6 Å². The van der Waals surface area contributed by atoms with Gasteiger partial charge < -0.3 is 15.7 Å². The number of halogens is 1. The highest BCUT2D eigenvalue weighted by Crippen LogP contribution is 2.07. The zero-order valence-corrected chi connectivity index (χ0v) is 14.0. The van der Waals surface area contributed by atoms with Gasteiger partial charge >= 0.3 is 5.97 Å². The molecule has 1 rings (SSSR count). The second-order valence-corrected chi connectivity index (χ2v) is 6.15. The SMILES string of the molecule is CC(CNC(=O)C(NC(=O)c1ccc(F)cc1)C(C)C)CC(=O)O. The third-order valence-corrected chi connectivity index (χ3v) is 3.49. The summed E-state index contributed by atoms with van der Waals surface area (Å²) in [6.45, 7) is 5.50. The maximum Gasteiger partial charge on any atom is 0.303 e. The second-order valence-electron chi connectivity index (χ2n) is 6.15. The molecular weight excluding hydrogens is 315 g/mol. The number of carbonyl (C=O) groups is 3.